The molecule has 1 atom stereocenters. The van der Waals surface area contributed by atoms with Crippen LogP contribution in [0.15, 0.2) is 24.3 Å². The normalized spacial score (nSPS) is 17.5. The maximum absolute atomic E-state index is 12.4. The molecule has 1 unspecified atom stereocenters. The predicted molar refractivity (Wildman–Crippen MR) is 87.2 cm³/mol. The van der Waals surface area contributed by atoms with Gasteiger partial charge < -0.3 is 10.2 Å². The highest BCUT2D eigenvalue weighted by Gasteiger charge is 2.19. The molecule has 1 heterocycles. The van der Waals surface area contributed by atoms with Crippen LogP contribution >= 0.6 is 0 Å². The first-order chi connectivity index (χ1) is 10.1. The van der Waals surface area contributed by atoms with Gasteiger partial charge in [-0.2, -0.15) is 0 Å². The molecule has 1 aliphatic rings. The van der Waals surface area contributed by atoms with Gasteiger partial charge in [0.15, 0.2) is 0 Å². The average molecular weight is 288 g/mol. The molecule has 0 aromatic heterocycles. The number of hydrogen-bond acceptors (Lipinski definition) is 2. The molecule has 0 radical (unpaired) electrons. The molecule has 1 fully saturated rings. The summed E-state index contributed by atoms with van der Waals surface area (Å²) >= 11 is 0. The summed E-state index contributed by atoms with van der Waals surface area (Å²) in [5, 5.41) is 3.37. The van der Waals surface area contributed by atoms with Crippen molar-refractivity contribution in [1.29, 1.82) is 0 Å². The van der Waals surface area contributed by atoms with Crippen LogP contribution in [-0.4, -0.2) is 30.9 Å². The molecule has 0 aliphatic carbocycles. The third-order valence-electron chi connectivity index (χ3n) is 4.76. The Balaban J connectivity index is 1.84. The van der Waals surface area contributed by atoms with Crippen LogP contribution in [-0.2, 0) is 4.79 Å². The van der Waals surface area contributed by atoms with Crippen molar-refractivity contribution in [3.05, 3.63) is 35.4 Å². The first kappa shape index (κ1) is 16.0. The standard InChI is InChI=1S/C18H28N2O/c1-14-4-7-17(8-5-14)15(2)20(3)18(21)9-6-16-10-12-19-13-11-16/h4-5,7-8,15-16,19H,6,9-13H2,1-3H3. The van der Waals surface area contributed by atoms with Crippen molar-refractivity contribution in [2.24, 2.45) is 5.92 Å². The SMILES string of the molecule is Cc1ccc(C(C)N(C)C(=O)CCC2CCNCC2)cc1. The van der Waals surface area contributed by atoms with Crippen LogP contribution in [0.1, 0.15) is 49.8 Å². The van der Waals surface area contributed by atoms with E-state index in [1.807, 2.05) is 11.9 Å². The minimum Gasteiger partial charge on any atom is -0.339 e. The van der Waals surface area contributed by atoms with Gasteiger partial charge in [0.25, 0.3) is 0 Å². The maximum atomic E-state index is 12.4. The first-order valence-electron chi connectivity index (χ1n) is 8.11. The zero-order chi connectivity index (χ0) is 15.2. The molecule has 1 aromatic carbocycles. The molecular weight excluding hydrogens is 260 g/mol. The van der Waals surface area contributed by atoms with Crippen LogP contribution in [0.4, 0.5) is 0 Å². The van der Waals surface area contributed by atoms with Crippen molar-refractivity contribution in [3.8, 4) is 0 Å². The summed E-state index contributed by atoms with van der Waals surface area (Å²) in [5.74, 6) is 0.986. The van der Waals surface area contributed by atoms with E-state index in [-0.39, 0.29) is 11.9 Å². The number of carbonyl (C=O) groups excluding carboxylic acids is 1. The van der Waals surface area contributed by atoms with E-state index in [9.17, 15) is 4.79 Å². The Bertz CT molecular complexity index is 449. The lowest BCUT2D eigenvalue weighted by atomic mass is 9.93. The lowest BCUT2D eigenvalue weighted by Crippen LogP contribution is -2.31. The van der Waals surface area contributed by atoms with Crippen molar-refractivity contribution < 1.29 is 4.79 Å². The minimum absolute atomic E-state index is 0.145. The van der Waals surface area contributed by atoms with Crippen molar-refractivity contribution in [1.82, 2.24) is 10.2 Å². The highest BCUT2D eigenvalue weighted by Crippen LogP contribution is 2.22. The van der Waals surface area contributed by atoms with Gasteiger partial charge in [0.1, 0.15) is 0 Å². The number of piperidine rings is 1. The van der Waals surface area contributed by atoms with E-state index in [4.69, 9.17) is 0 Å². The fraction of sp³-hybridized carbons (Fsp3) is 0.611. The second kappa shape index (κ2) is 7.60. The van der Waals surface area contributed by atoms with E-state index in [0.29, 0.717) is 6.42 Å². The van der Waals surface area contributed by atoms with Crippen LogP contribution in [0.25, 0.3) is 0 Å². The summed E-state index contributed by atoms with van der Waals surface area (Å²) < 4.78 is 0. The highest BCUT2D eigenvalue weighted by atomic mass is 16.2. The Hall–Kier alpha value is -1.35. The van der Waals surface area contributed by atoms with Gasteiger partial charge in [0.2, 0.25) is 5.91 Å². The van der Waals surface area contributed by atoms with Crippen LogP contribution in [0, 0.1) is 12.8 Å². The number of nitrogens with one attached hydrogen (secondary N) is 1. The molecule has 21 heavy (non-hydrogen) atoms. The van der Waals surface area contributed by atoms with E-state index in [2.05, 4.69) is 43.4 Å². The molecule has 116 valence electrons. The second-order valence-corrected chi connectivity index (χ2v) is 6.32. The van der Waals surface area contributed by atoms with Crippen LogP contribution < -0.4 is 5.32 Å². The Kier molecular flexibility index (Phi) is 5.80. The zero-order valence-corrected chi connectivity index (χ0v) is 13.6. The molecule has 0 spiro atoms. The molecule has 3 heteroatoms. The van der Waals surface area contributed by atoms with Crippen molar-refractivity contribution in [2.75, 3.05) is 20.1 Å². The van der Waals surface area contributed by atoms with Gasteiger partial charge in [0, 0.05) is 13.5 Å². The maximum Gasteiger partial charge on any atom is 0.222 e. The number of hydrogen-bond donors (Lipinski definition) is 1. The van der Waals surface area contributed by atoms with Gasteiger partial charge in [-0.05, 0) is 57.7 Å². The molecule has 0 saturated carbocycles. The van der Waals surface area contributed by atoms with Gasteiger partial charge in [0.05, 0.1) is 6.04 Å². The number of aryl methyl sites for hydroxylation is 1. The van der Waals surface area contributed by atoms with Gasteiger partial charge in [-0.3, -0.25) is 4.79 Å². The summed E-state index contributed by atoms with van der Waals surface area (Å²) in [6, 6.07) is 8.61. The van der Waals surface area contributed by atoms with Crippen molar-refractivity contribution in [3.63, 3.8) is 0 Å². The number of carbonyl (C=O) groups is 1. The number of nitrogens with zero attached hydrogens (tertiary/aromatic N) is 1. The van der Waals surface area contributed by atoms with Gasteiger partial charge in [-0.25, -0.2) is 0 Å². The highest BCUT2D eigenvalue weighted by molar-refractivity contribution is 5.76. The van der Waals surface area contributed by atoms with E-state index in [1.165, 1.54) is 24.0 Å². The molecular formula is C18H28N2O. The van der Waals surface area contributed by atoms with E-state index in [0.717, 1.165) is 25.4 Å². The van der Waals surface area contributed by atoms with Crippen LogP contribution in [0.5, 0.6) is 0 Å². The summed E-state index contributed by atoms with van der Waals surface area (Å²) in [6.07, 6.45) is 4.14. The molecule has 1 aromatic rings. The van der Waals surface area contributed by atoms with Crippen molar-refractivity contribution >= 4 is 5.91 Å². The minimum atomic E-state index is 0.145. The molecule has 1 aliphatic heterocycles. The summed E-state index contributed by atoms with van der Waals surface area (Å²) in [5.41, 5.74) is 2.46. The summed E-state index contributed by atoms with van der Waals surface area (Å²) in [4.78, 5) is 14.3. The smallest absolute Gasteiger partial charge is 0.222 e. The Morgan fingerprint density at radius 2 is 1.90 bits per heavy atom. The topological polar surface area (TPSA) is 32.3 Å². The summed E-state index contributed by atoms with van der Waals surface area (Å²) in [6.45, 7) is 6.40. The van der Waals surface area contributed by atoms with Gasteiger partial charge in [-0.1, -0.05) is 29.8 Å². The van der Waals surface area contributed by atoms with E-state index in [1.54, 1.807) is 0 Å². The fourth-order valence-electron chi connectivity index (χ4n) is 2.96. The van der Waals surface area contributed by atoms with E-state index < -0.39 is 0 Å². The molecule has 1 saturated heterocycles. The lowest BCUT2D eigenvalue weighted by molar-refractivity contribution is -0.132. The van der Waals surface area contributed by atoms with Crippen LogP contribution in [0.2, 0.25) is 0 Å². The third kappa shape index (κ3) is 4.57. The second-order valence-electron chi connectivity index (χ2n) is 6.32. The first-order valence-corrected chi connectivity index (χ1v) is 8.11. The lowest BCUT2D eigenvalue weighted by Gasteiger charge is -2.27. The third-order valence-corrected chi connectivity index (χ3v) is 4.76. The zero-order valence-electron chi connectivity index (χ0n) is 13.6. The number of amides is 1. The molecule has 2 rings (SSSR count). The molecule has 1 N–H and O–H groups in total. The largest absolute Gasteiger partial charge is 0.339 e. The summed E-state index contributed by atoms with van der Waals surface area (Å²) in [7, 11) is 1.93. The Morgan fingerprint density at radius 3 is 2.52 bits per heavy atom. The van der Waals surface area contributed by atoms with Gasteiger partial charge >= 0.3 is 0 Å². The Labute approximate surface area is 128 Å². The monoisotopic (exact) mass is 288 g/mol. The quantitative estimate of drug-likeness (QED) is 0.901. The molecule has 1 amide bonds. The van der Waals surface area contributed by atoms with Gasteiger partial charge in [-0.15, -0.1) is 0 Å². The predicted octanol–water partition coefficient (Wildman–Crippen LogP) is 3.29. The fourth-order valence-corrected chi connectivity index (χ4v) is 2.96. The van der Waals surface area contributed by atoms with E-state index >= 15 is 0 Å². The molecule has 0 bridgehead atoms. The Morgan fingerprint density at radius 1 is 1.29 bits per heavy atom. The number of benzene rings is 1. The van der Waals surface area contributed by atoms with Crippen LogP contribution in [0.3, 0.4) is 0 Å². The van der Waals surface area contributed by atoms with Crippen molar-refractivity contribution in [2.45, 2.75) is 45.6 Å². The average Bonchev–Trinajstić information content (AvgIpc) is 2.53. The molecule has 3 nitrogen and oxygen atoms in total. The number of rotatable bonds is 5.